The second-order valence-electron chi connectivity index (χ2n) is 3.91. The molecule has 0 aliphatic heterocycles. The molecule has 0 aromatic heterocycles. The molecule has 16 heavy (non-hydrogen) atoms. The fourth-order valence-electron chi connectivity index (χ4n) is 1.42. The molecule has 0 aliphatic carbocycles. The van der Waals surface area contributed by atoms with Gasteiger partial charge in [-0.3, -0.25) is 0 Å². The van der Waals surface area contributed by atoms with Crippen molar-refractivity contribution in [2.75, 3.05) is 11.9 Å². The van der Waals surface area contributed by atoms with E-state index >= 15 is 0 Å². The van der Waals surface area contributed by atoms with Crippen molar-refractivity contribution >= 4 is 5.69 Å². The average Bonchev–Trinajstić information content (AvgIpc) is 2.28. The molecule has 1 aromatic carbocycles. The predicted molar refractivity (Wildman–Crippen MR) is 62.3 cm³/mol. The van der Waals surface area contributed by atoms with Gasteiger partial charge in [0.05, 0.1) is 0 Å². The van der Waals surface area contributed by atoms with Gasteiger partial charge >= 0.3 is 0 Å². The highest BCUT2D eigenvalue weighted by Gasteiger charge is 2.04. The molecule has 1 unspecified atom stereocenters. The molecular weight excluding hydrogens is 210 g/mol. The van der Waals surface area contributed by atoms with Crippen LogP contribution >= 0.6 is 0 Å². The van der Waals surface area contributed by atoms with Crippen LogP contribution in [0.5, 0.6) is 0 Å². The van der Waals surface area contributed by atoms with E-state index in [4.69, 9.17) is 5.73 Å². The molecule has 0 bridgehead atoms. The van der Waals surface area contributed by atoms with E-state index in [1.165, 1.54) is 6.07 Å². The number of halogens is 2. The summed E-state index contributed by atoms with van der Waals surface area (Å²) in [7, 11) is 0. The second-order valence-corrected chi connectivity index (χ2v) is 3.91. The molecule has 0 spiro atoms. The Hall–Kier alpha value is -1.16. The number of benzene rings is 1. The average molecular weight is 228 g/mol. The zero-order valence-corrected chi connectivity index (χ0v) is 9.47. The summed E-state index contributed by atoms with van der Waals surface area (Å²) in [5.41, 5.74) is 6.41. The van der Waals surface area contributed by atoms with E-state index in [0.717, 1.165) is 31.4 Å². The molecule has 0 heterocycles. The van der Waals surface area contributed by atoms with Gasteiger partial charge in [-0.05, 0) is 24.6 Å². The lowest BCUT2D eigenvalue weighted by molar-refractivity contribution is 0.509. The Morgan fingerprint density at radius 1 is 1.31 bits per heavy atom. The van der Waals surface area contributed by atoms with Gasteiger partial charge in [0, 0.05) is 18.3 Å². The van der Waals surface area contributed by atoms with Crippen LogP contribution in [0.15, 0.2) is 18.2 Å². The summed E-state index contributed by atoms with van der Waals surface area (Å²) in [5, 5.41) is 2.99. The summed E-state index contributed by atoms with van der Waals surface area (Å²) in [5.74, 6) is -1.67. The first-order chi connectivity index (χ1) is 7.63. The Labute approximate surface area is 94.8 Å². The van der Waals surface area contributed by atoms with Gasteiger partial charge in [-0.1, -0.05) is 19.8 Å². The van der Waals surface area contributed by atoms with Crippen LogP contribution in [0, 0.1) is 11.6 Å². The molecule has 3 N–H and O–H groups in total. The summed E-state index contributed by atoms with van der Waals surface area (Å²) in [4.78, 5) is 0. The molecule has 0 saturated heterocycles. The van der Waals surface area contributed by atoms with E-state index in [-0.39, 0.29) is 6.04 Å². The highest BCUT2D eigenvalue weighted by Crippen LogP contribution is 2.13. The van der Waals surface area contributed by atoms with Crippen LogP contribution in [-0.4, -0.2) is 12.6 Å². The van der Waals surface area contributed by atoms with E-state index in [9.17, 15) is 8.78 Å². The Bertz CT molecular complexity index is 329. The predicted octanol–water partition coefficient (Wildman–Crippen LogP) is 2.89. The maximum atomic E-state index is 12.9. The highest BCUT2D eigenvalue weighted by molar-refractivity contribution is 5.43. The maximum absolute atomic E-state index is 12.9. The standard InChI is InChI=1S/C12H18F2N2/c1-2-3-4-9(15)8-16-10-5-6-11(13)12(14)7-10/h5-7,9,16H,2-4,8,15H2,1H3. The number of hydrogen-bond acceptors (Lipinski definition) is 2. The third-order valence-corrected chi connectivity index (χ3v) is 2.42. The van der Waals surface area contributed by atoms with Gasteiger partial charge in [-0.25, -0.2) is 8.78 Å². The monoisotopic (exact) mass is 228 g/mol. The van der Waals surface area contributed by atoms with Crippen molar-refractivity contribution in [2.24, 2.45) is 5.73 Å². The van der Waals surface area contributed by atoms with Crippen LogP contribution in [0.25, 0.3) is 0 Å². The fourth-order valence-corrected chi connectivity index (χ4v) is 1.42. The number of anilines is 1. The Balaban J connectivity index is 2.39. The van der Waals surface area contributed by atoms with Gasteiger partial charge in [0.2, 0.25) is 0 Å². The SMILES string of the molecule is CCCCC(N)CNc1ccc(F)c(F)c1. The summed E-state index contributed by atoms with van der Waals surface area (Å²) < 4.78 is 25.5. The summed E-state index contributed by atoms with van der Waals surface area (Å²) in [6, 6.07) is 3.80. The number of nitrogens with one attached hydrogen (secondary N) is 1. The molecule has 4 heteroatoms. The van der Waals surface area contributed by atoms with Gasteiger partial charge in [-0.15, -0.1) is 0 Å². The lowest BCUT2D eigenvalue weighted by Gasteiger charge is -2.13. The zero-order chi connectivity index (χ0) is 12.0. The van der Waals surface area contributed by atoms with Crippen molar-refractivity contribution < 1.29 is 8.78 Å². The van der Waals surface area contributed by atoms with Crippen LogP contribution in [0.2, 0.25) is 0 Å². The molecular formula is C12H18F2N2. The quantitative estimate of drug-likeness (QED) is 0.785. The van der Waals surface area contributed by atoms with Crippen molar-refractivity contribution in [1.29, 1.82) is 0 Å². The van der Waals surface area contributed by atoms with Gasteiger partial charge in [-0.2, -0.15) is 0 Å². The van der Waals surface area contributed by atoms with Gasteiger partial charge in [0.15, 0.2) is 11.6 Å². The number of unbranched alkanes of at least 4 members (excludes halogenated alkanes) is 1. The van der Waals surface area contributed by atoms with Gasteiger partial charge < -0.3 is 11.1 Å². The van der Waals surface area contributed by atoms with Crippen LogP contribution in [0.3, 0.4) is 0 Å². The van der Waals surface area contributed by atoms with Crippen molar-refractivity contribution in [3.63, 3.8) is 0 Å². The largest absolute Gasteiger partial charge is 0.383 e. The maximum Gasteiger partial charge on any atom is 0.160 e. The molecule has 0 saturated carbocycles. The summed E-state index contributed by atoms with van der Waals surface area (Å²) >= 11 is 0. The van der Waals surface area contributed by atoms with E-state index in [1.807, 2.05) is 0 Å². The number of nitrogens with two attached hydrogens (primary N) is 1. The minimum Gasteiger partial charge on any atom is -0.383 e. The van der Waals surface area contributed by atoms with Gasteiger partial charge in [0.25, 0.3) is 0 Å². The van der Waals surface area contributed by atoms with Crippen molar-refractivity contribution in [3.8, 4) is 0 Å². The van der Waals surface area contributed by atoms with Gasteiger partial charge in [0.1, 0.15) is 0 Å². The zero-order valence-electron chi connectivity index (χ0n) is 9.47. The van der Waals surface area contributed by atoms with Crippen LogP contribution in [0.4, 0.5) is 14.5 Å². The molecule has 1 rings (SSSR count). The molecule has 0 aliphatic rings. The normalized spacial score (nSPS) is 12.5. The molecule has 0 radical (unpaired) electrons. The lowest BCUT2D eigenvalue weighted by atomic mass is 10.1. The third kappa shape index (κ3) is 4.14. The van der Waals surface area contributed by atoms with Crippen molar-refractivity contribution in [2.45, 2.75) is 32.2 Å². The minimum atomic E-state index is -0.841. The molecule has 0 amide bonds. The second kappa shape index (κ2) is 6.43. The van der Waals surface area contributed by atoms with Crippen LogP contribution in [0.1, 0.15) is 26.2 Å². The first kappa shape index (κ1) is 12.9. The Morgan fingerprint density at radius 3 is 2.69 bits per heavy atom. The van der Waals surface area contributed by atoms with Crippen molar-refractivity contribution in [1.82, 2.24) is 0 Å². The first-order valence-corrected chi connectivity index (χ1v) is 5.58. The Kier molecular flexibility index (Phi) is 5.19. The summed E-state index contributed by atoms with van der Waals surface area (Å²) in [6.07, 6.45) is 3.13. The smallest absolute Gasteiger partial charge is 0.160 e. The van der Waals surface area contributed by atoms with E-state index in [2.05, 4.69) is 12.2 Å². The highest BCUT2D eigenvalue weighted by atomic mass is 19.2. The minimum absolute atomic E-state index is 0.0491. The van der Waals surface area contributed by atoms with E-state index < -0.39 is 11.6 Å². The van der Waals surface area contributed by atoms with E-state index in [0.29, 0.717) is 12.2 Å². The Morgan fingerprint density at radius 2 is 2.06 bits per heavy atom. The molecule has 2 nitrogen and oxygen atoms in total. The molecule has 1 aromatic rings. The van der Waals surface area contributed by atoms with E-state index in [1.54, 1.807) is 0 Å². The first-order valence-electron chi connectivity index (χ1n) is 5.58. The topological polar surface area (TPSA) is 38.0 Å². The molecule has 90 valence electrons. The van der Waals surface area contributed by atoms with Crippen LogP contribution in [-0.2, 0) is 0 Å². The van der Waals surface area contributed by atoms with Crippen molar-refractivity contribution in [3.05, 3.63) is 29.8 Å². The fraction of sp³-hybridized carbons (Fsp3) is 0.500. The third-order valence-electron chi connectivity index (χ3n) is 2.42. The molecule has 1 atom stereocenters. The number of rotatable bonds is 6. The van der Waals surface area contributed by atoms with Crippen LogP contribution < -0.4 is 11.1 Å². The summed E-state index contributed by atoms with van der Waals surface area (Å²) in [6.45, 7) is 2.68. The molecule has 0 fully saturated rings. The lowest BCUT2D eigenvalue weighted by Crippen LogP contribution is -2.28. The number of hydrogen-bond donors (Lipinski definition) is 2.